The van der Waals surface area contributed by atoms with Crippen molar-refractivity contribution in [3.05, 3.63) is 48.0 Å². The highest BCUT2D eigenvalue weighted by Gasteiger charge is 2.44. The summed E-state index contributed by atoms with van der Waals surface area (Å²) in [5, 5.41) is 2.80. The minimum Gasteiger partial charge on any atom is -0.467 e. The van der Waals surface area contributed by atoms with Crippen molar-refractivity contribution in [3.8, 4) is 11.3 Å². The summed E-state index contributed by atoms with van der Waals surface area (Å²) in [6, 6.07) is 9.20. The van der Waals surface area contributed by atoms with Crippen LogP contribution in [0.2, 0.25) is 0 Å². The van der Waals surface area contributed by atoms with E-state index in [1.54, 1.807) is 24.3 Å². The molecule has 1 saturated carbocycles. The highest BCUT2D eigenvalue weighted by Crippen LogP contribution is 2.33. The molecule has 1 N–H and O–H groups in total. The van der Waals surface area contributed by atoms with Crippen LogP contribution in [0.15, 0.2) is 40.8 Å². The fraction of sp³-hybridized carbons (Fsp3) is 0.400. The quantitative estimate of drug-likeness (QED) is 0.840. The number of hydrogen-bond acceptors (Lipinski definition) is 4. The van der Waals surface area contributed by atoms with Crippen molar-refractivity contribution in [1.82, 2.24) is 5.32 Å². The van der Waals surface area contributed by atoms with Gasteiger partial charge in [-0.1, -0.05) is 19.1 Å². The zero-order valence-electron chi connectivity index (χ0n) is 14.9. The number of rotatable bonds is 4. The Morgan fingerprint density at radius 3 is 2.54 bits per heavy atom. The van der Waals surface area contributed by atoms with E-state index in [9.17, 15) is 14.0 Å². The summed E-state index contributed by atoms with van der Waals surface area (Å²) in [4.78, 5) is 25.0. The molecule has 0 saturated heterocycles. The molecule has 138 valence electrons. The lowest BCUT2D eigenvalue weighted by atomic mass is 9.77. The molecule has 5 nitrogen and oxygen atoms in total. The fourth-order valence-corrected chi connectivity index (χ4v) is 3.38. The van der Waals surface area contributed by atoms with E-state index in [0.29, 0.717) is 18.8 Å². The third-order valence-electron chi connectivity index (χ3n) is 5.03. The van der Waals surface area contributed by atoms with Crippen LogP contribution in [0, 0.1) is 11.7 Å². The molecule has 3 rings (SSSR count). The van der Waals surface area contributed by atoms with E-state index >= 15 is 0 Å². The number of carbonyl (C=O) groups excluding carboxylic acids is 2. The van der Waals surface area contributed by atoms with Gasteiger partial charge in [-0.05, 0) is 55.9 Å². The molecule has 0 aliphatic heterocycles. The van der Waals surface area contributed by atoms with Gasteiger partial charge in [-0.25, -0.2) is 9.18 Å². The Balaban J connectivity index is 1.81. The predicted octanol–water partition coefficient (Wildman–Crippen LogP) is 3.94. The van der Waals surface area contributed by atoms with E-state index in [-0.39, 0.29) is 17.1 Å². The standard InChI is InChI=1S/C20H22FNO4/c1-13-9-11-20(12-10-13,19(24)25-2)22-18(23)17-8-7-16(26-17)14-5-3-4-6-15(14)21/h3-8,13H,9-12H2,1-2H3,(H,22,23). The van der Waals surface area contributed by atoms with Crippen LogP contribution >= 0.6 is 0 Å². The van der Waals surface area contributed by atoms with Crippen LogP contribution in [0.5, 0.6) is 0 Å². The minimum atomic E-state index is -1.04. The average Bonchev–Trinajstić information content (AvgIpc) is 3.13. The van der Waals surface area contributed by atoms with E-state index in [0.717, 1.165) is 12.8 Å². The molecule has 0 bridgehead atoms. The van der Waals surface area contributed by atoms with Crippen LogP contribution in [-0.2, 0) is 9.53 Å². The van der Waals surface area contributed by atoms with Gasteiger partial charge in [0, 0.05) is 0 Å². The first-order valence-electron chi connectivity index (χ1n) is 8.71. The first kappa shape index (κ1) is 18.2. The minimum absolute atomic E-state index is 0.0325. The number of furan rings is 1. The highest BCUT2D eigenvalue weighted by molar-refractivity contribution is 5.96. The molecular weight excluding hydrogens is 337 g/mol. The molecule has 1 aromatic heterocycles. The maximum atomic E-state index is 13.9. The largest absolute Gasteiger partial charge is 0.467 e. The Morgan fingerprint density at radius 2 is 1.88 bits per heavy atom. The molecule has 0 radical (unpaired) electrons. The molecule has 0 spiro atoms. The molecule has 0 atom stereocenters. The van der Waals surface area contributed by atoms with Crippen molar-refractivity contribution in [2.24, 2.45) is 5.92 Å². The Kier molecular flexibility index (Phi) is 5.11. The smallest absolute Gasteiger partial charge is 0.331 e. The van der Waals surface area contributed by atoms with E-state index in [4.69, 9.17) is 9.15 Å². The zero-order valence-corrected chi connectivity index (χ0v) is 14.9. The molecule has 1 aliphatic carbocycles. The number of halogens is 1. The van der Waals surface area contributed by atoms with Crippen molar-refractivity contribution >= 4 is 11.9 Å². The number of amides is 1. The first-order chi connectivity index (χ1) is 12.4. The van der Waals surface area contributed by atoms with Crippen molar-refractivity contribution in [2.45, 2.75) is 38.1 Å². The molecular formula is C20H22FNO4. The van der Waals surface area contributed by atoms with E-state index in [1.165, 1.54) is 19.2 Å². The van der Waals surface area contributed by atoms with Crippen LogP contribution < -0.4 is 5.32 Å². The number of hydrogen-bond donors (Lipinski definition) is 1. The second-order valence-corrected chi connectivity index (χ2v) is 6.85. The maximum Gasteiger partial charge on any atom is 0.331 e. The molecule has 2 aromatic rings. The van der Waals surface area contributed by atoms with Crippen LogP contribution in [-0.4, -0.2) is 24.5 Å². The van der Waals surface area contributed by atoms with Crippen LogP contribution in [0.4, 0.5) is 4.39 Å². The SMILES string of the molecule is COC(=O)C1(NC(=O)c2ccc(-c3ccccc3F)o2)CCC(C)CC1. The van der Waals surface area contributed by atoms with Gasteiger partial charge < -0.3 is 14.5 Å². The maximum absolute atomic E-state index is 13.9. The molecule has 26 heavy (non-hydrogen) atoms. The highest BCUT2D eigenvalue weighted by atomic mass is 19.1. The van der Waals surface area contributed by atoms with E-state index < -0.39 is 23.2 Å². The molecule has 1 amide bonds. The van der Waals surface area contributed by atoms with Gasteiger partial charge in [-0.3, -0.25) is 4.79 Å². The summed E-state index contributed by atoms with van der Waals surface area (Å²) in [5.41, 5.74) is -0.760. The number of methoxy groups -OCH3 is 1. The van der Waals surface area contributed by atoms with E-state index in [1.807, 2.05) is 0 Å². The Hall–Kier alpha value is -2.63. The van der Waals surface area contributed by atoms with Crippen molar-refractivity contribution in [3.63, 3.8) is 0 Å². The van der Waals surface area contributed by atoms with Crippen molar-refractivity contribution in [2.75, 3.05) is 7.11 Å². The lowest BCUT2D eigenvalue weighted by Crippen LogP contribution is -2.56. The summed E-state index contributed by atoms with van der Waals surface area (Å²) < 4.78 is 24.3. The van der Waals surface area contributed by atoms with Crippen LogP contribution in [0.25, 0.3) is 11.3 Å². The number of ether oxygens (including phenoxy) is 1. The summed E-state index contributed by atoms with van der Waals surface area (Å²) in [5.74, 6) is -0.587. The Morgan fingerprint density at radius 1 is 1.19 bits per heavy atom. The van der Waals surface area contributed by atoms with Gasteiger partial charge in [0.05, 0.1) is 12.7 Å². The van der Waals surface area contributed by atoms with Gasteiger partial charge in [-0.2, -0.15) is 0 Å². The summed E-state index contributed by atoms with van der Waals surface area (Å²) in [6.45, 7) is 2.12. The first-order valence-corrected chi connectivity index (χ1v) is 8.71. The van der Waals surface area contributed by atoms with Crippen molar-refractivity contribution in [1.29, 1.82) is 0 Å². The number of carbonyl (C=O) groups is 2. The zero-order chi connectivity index (χ0) is 18.7. The fourth-order valence-electron chi connectivity index (χ4n) is 3.38. The summed E-state index contributed by atoms with van der Waals surface area (Å²) >= 11 is 0. The Bertz CT molecular complexity index is 806. The van der Waals surface area contributed by atoms with Gasteiger partial charge >= 0.3 is 5.97 Å². The van der Waals surface area contributed by atoms with Gasteiger partial charge in [0.2, 0.25) is 0 Å². The lowest BCUT2D eigenvalue weighted by molar-refractivity contribution is -0.150. The number of nitrogens with one attached hydrogen (secondary N) is 1. The summed E-state index contributed by atoms with van der Waals surface area (Å²) in [6.07, 6.45) is 2.70. The van der Waals surface area contributed by atoms with Gasteiger partial charge in [0.15, 0.2) is 5.76 Å². The average molecular weight is 359 g/mol. The third-order valence-corrected chi connectivity index (χ3v) is 5.03. The lowest BCUT2D eigenvalue weighted by Gasteiger charge is -2.37. The second-order valence-electron chi connectivity index (χ2n) is 6.85. The molecule has 0 unspecified atom stereocenters. The number of benzene rings is 1. The van der Waals surface area contributed by atoms with Gasteiger partial charge in [0.25, 0.3) is 5.91 Å². The van der Waals surface area contributed by atoms with Crippen LogP contribution in [0.3, 0.4) is 0 Å². The Labute approximate surface area is 151 Å². The van der Waals surface area contributed by atoms with Gasteiger partial charge in [-0.15, -0.1) is 0 Å². The molecule has 6 heteroatoms. The third kappa shape index (κ3) is 3.49. The summed E-state index contributed by atoms with van der Waals surface area (Å²) in [7, 11) is 1.32. The van der Waals surface area contributed by atoms with E-state index in [2.05, 4.69) is 12.2 Å². The topological polar surface area (TPSA) is 68.5 Å². The monoisotopic (exact) mass is 359 g/mol. The second kappa shape index (κ2) is 7.32. The normalized spacial score (nSPS) is 22.7. The molecule has 1 fully saturated rings. The number of esters is 1. The molecule has 1 aliphatic rings. The van der Waals surface area contributed by atoms with Crippen LogP contribution in [0.1, 0.15) is 43.2 Å². The van der Waals surface area contributed by atoms with Gasteiger partial charge in [0.1, 0.15) is 17.1 Å². The molecule has 1 aromatic carbocycles. The van der Waals surface area contributed by atoms with Crippen molar-refractivity contribution < 1.29 is 23.1 Å². The predicted molar refractivity (Wildman–Crippen MR) is 93.9 cm³/mol. The molecule has 1 heterocycles.